The number of fused-ring (bicyclic) bond motifs is 1. The predicted molar refractivity (Wildman–Crippen MR) is 54.8 cm³/mol. The lowest BCUT2D eigenvalue weighted by molar-refractivity contribution is 0.0692. The Hall–Kier alpha value is -2.30. The minimum atomic E-state index is -1.19. The highest BCUT2D eigenvalue weighted by Crippen LogP contribution is 2.30. The van der Waals surface area contributed by atoms with Gasteiger partial charge in [0.1, 0.15) is 5.75 Å². The molecule has 0 radical (unpaired) electrons. The van der Waals surface area contributed by atoms with Crippen molar-refractivity contribution in [3.05, 3.63) is 30.1 Å². The van der Waals surface area contributed by atoms with E-state index in [0.717, 1.165) is 0 Å². The van der Waals surface area contributed by atoms with E-state index in [0.29, 0.717) is 11.1 Å². The number of carboxylic acids is 1. The van der Waals surface area contributed by atoms with Crippen molar-refractivity contribution >= 4 is 22.4 Å². The van der Waals surface area contributed by atoms with Gasteiger partial charge in [-0.3, -0.25) is 0 Å². The zero-order valence-corrected chi connectivity index (χ0v) is 7.64. The van der Waals surface area contributed by atoms with Crippen LogP contribution in [-0.4, -0.2) is 21.2 Å². The van der Waals surface area contributed by atoms with Gasteiger partial charge in [0.05, 0.1) is 5.39 Å². The summed E-state index contributed by atoms with van der Waals surface area (Å²) in [5, 5.41) is 19.1. The van der Waals surface area contributed by atoms with Crippen LogP contribution < -0.4 is 5.73 Å². The predicted octanol–water partition coefficient (Wildman–Crippen LogP) is 1.22. The van der Waals surface area contributed by atoms with Gasteiger partial charge >= 0.3 is 5.97 Å². The minimum absolute atomic E-state index is 0.135. The highest BCUT2D eigenvalue weighted by atomic mass is 16.4. The molecule has 1 aromatic carbocycles. The van der Waals surface area contributed by atoms with Crippen LogP contribution in [-0.2, 0) is 0 Å². The molecule has 0 aliphatic rings. The molecule has 2 aromatic rings. The first-order chi connectivity index (χ1) is 7.11. The maximum absolute atomic E-state index is 10.9. The van der Waals surface area contributed by atoms with E-state index >= 15 is 0 Å². The number of nitrogen functional groups attached to an aromatic ring is 1. The molecule has 0 aliphatic carbocycles. The largest absolute Gasteiger partial charge is 0.507 e. The Balaban J connectivity index is 2.96. The first-order valence-electron chi connectivity index (χ1n) is 4.20. The summed E-state index contributed by atoms with van der Waals surface area (Å²) in [4.78, 5) is 14.6. The topological polar surface area (TPSA) is 96.4 Å². The van der Waals surface area contributed by atoms with Crippen LogP contribution in [0.25, 0.3) is 10.8 Å². The van der Waals surface area contributed by atoms with Gasteiger partial charge in [-0.25, -0.2) is 9.78 Å². The van der Waals surface area contributed by atoms with Gasteiger partial charge in [0.25, 0.3) is 0 Å². The number of aromatic hydroxyl groups is 1. The number of aromatic carboxylic acids is 1. The number of nitrogens with two attached hydrogens (primary N) is 1. The number of aromatic nitrogens is 1. The van der Waals surface area contributed by atoms with Crippen molar-refractivity contribution in [2.24, 2.45) is 0 Å². The van der Waals surface area contributed by atoms with E-state index < -0.39 is 5.97 Å². The van der Waals surface area contributed by atoms with E-state index in [9.17, 15) is 9.90 Å². The third kappa shape index (κ3) is 1.34. The number of carbonyl (C=O) groups is 1. The molecular weight excluding hydrogens is 196 g/mol. The normalized spacial score (nSPS) is 10.4. The molecule has 5 heteroatoms. The van der Waals surface area contributed by atoms with Gasteiger partial charge < -0.3 is 15.9 Å². The molecule has 0 saturated carbocycles. The number of hydrogen-bond donors (Lipinski definition) is 3. The number of phenols is 1. The summed E-state index contributed by atoms with van der Waals surface area (Å²) in [6.45, 7) is 0. The summed E-state index contributed by atoms with van der Waals surface area (Å²) in [7, 11) is 0. The number of pyridine rings is 1. The van der Waals surface area contributed by atoms with Crippen LogP contribution in [0.15, 0.2) is 24.4 Å². The summed E-state index contributed by atoms with van der Waals surface area (Å²) in [5.74, 6) is -1.33. The Morgan fingerprint density at radius 2 is 2.07 bits per heavy atom. The molecule has 0 saturated heterocycles. The average molecular weight is 204 g/mol. The molecular formula is C10H8N2O3. The monoisotopic (exact) mass is 204 g/mol. The fraction of sp³-hybridized carbons (Fsp3) is 0. The molecule has 4 N–H and O–H groups in total. The Bertz CT molecular complexity index is 552. The number of phenolic OH excluding ortho intramolecular Hbond substituents is 1. The molecule has 1 heterocycles. The highest BCUT2D eigenvalue weighted by Gasteiger charge is 2.14. The third-order valence-electron chi connectivity index (χ3n) is 2.14. The Labute approximate surface area is 84.8 Å². The lowest BCUT2D eigenvalue weighted by Gasteiger charge is -2.05. The second-order valence-electron chi connectivity index (χ2n) is 3.06. The summed E-state index contributed by atoms with van der Waals surface area (Å²) >= 11 is 0. The Kier molecular flexibility index (Phi) is 1.93. The number of rotatable bonds is 1. The Morgan fingerprint density at radius 3 is 2.73 bits per heavy atom. The van der Waals surface area contributed by atoms with Crippen molar-refractivity contribution < 1.29 is 15.0 Å². The molecule has 0 fully saturated rings. The molecule has 76 valence electrons. The highest BCUT2D eigenvalue weighted by molar-refractivity contribution is 6.08. The summed E-state index contributed by atoms with van der Waals surface area (Å²) in [6.07, 6.45) is 1.35. The maximum Gasteiger partial charge on any atom is 0.355 e. The molecule has 0 unspecified atom stereocenters. The molecule has 0 spiro atoms. The number of carboxylic acid groups (broad SMARTS) is 1. The van der Waals surface area contributed by atoms with Crippen molar-refractivity contribution in [2.75, 3.05) is 5.73 Å². The zero-order chi connectivity index (χ0) is 11.0. The lowest BCUT2D eigenvalue weighted by Crippen LogP contribution is -2.02. The SMILES string of the molecule is Nc1ccc(O)c2c(C(=O)O)nccc12. The van der Waals surface area contributed by atoms with Gasteiger partial charge in [-0.1, -0.05) is 0 Å². The van der Waals surface area contributed by atoms with E-state index in [1.165, 1.54) is 18.3 Å². The summed E-state index contributed by atoms with van der Waals surface area (Å²) in [6, 6.07) is 4.44. The number of hydrogen-bond acceptors (Lipinski definition) is 4. The summed E-state index contributed by atoms with van der Waals surface area (Å²) in [5.41, 5.74) is 5.88. The lowest BCUT2D eigenvalue weighted by atomic mass is 10.1. The van der Waals surface area contributed by atoms with Gasteiger partial charge in [0.2, 0.25) is 0 Å². The Morgan fingerprint density at radius 1 is 1.33 bits per heavy atom. The van der Waals surface area contributed by atoms with Crippen LogP contribution in [0.4, 0.5) is 5.69 Å². The molecule has 2 rings (SSSR count). The first kappa shape index (κ1) is 9.26. The molecule has 1 aromatic heterocycles. The standard InChI is InChI=1S/C10H8N2O3/c11-6-1-2-7(13)8-5(6)3-4-12-9(8)10(14)15/h1-4,13H,11H2,(H,14,15). The number of benzene rings is 1. The van der Waals surface area contributed by atoms with Gasteiger partial charge in [0, 0.05) is 17.3 Å². The molecule has 0 aliphatic heterocycles. The van der Waals surface area contributed by atoms with Crippen LogP contribution >= 0.6 is 0 Å². The number of nitrogens with zero attached hydrogens (tertiary/aromatic N) is 1. The van der Waals surface area contributed by atoms with E-state index in [2.05, 4.69) is 4.98 Å². The van der Waals surface area contributed by atoms with Crippen molar-refractivity contribution in [1.29, 1.82) is 0 Å². The second-order valence-corrected chi connectivity index (χ2v) is 3.06. The van der Waals surface area contributed by atoms with E-state index in [1.54, 1.807) is 6.07 Å². The van der Waals surface area contributed by atoms with Crippen LogP contribution in [0, 0.1) is 0 Å². The summed E-state index contributed by atoms with van der Waals surface area (Å²) < 4.78 is 0. The number of anilines is 1. The maximum atomic E-state index is 10.9. The van der Waals surface area contributed by atoms with Crippen LogP contribution in [0.5, 0.6) is 5.75 Å². The first-order valence-corrected chi connectivity index (χ1v) is 4.20. The molecule has 0 atom stereocenters. The van der Waals surface area contributed by atoms with Gasteiger partial charge in [-0.15, -0.1) is 0 Å². The second kappa shape index (κ2) is 3.13. The van der Waals surface area contributed by atoms with Crippen molar-refractivity contribution in [3.63, 3.8) is 0 Å². The zero-order valence-electron chi connectivity index (χ0n) is 7.64. The average Bonchev–Trinajstić information content (AvgIpc) is 2.23. The quantitative estimate of drug-likeness (QED) is 0.479. The van der Waals surface area contributed by atoms with Gasteiger partial charge in [-0.2, -0.15) is 0 Å². The van der Waals surface area contributed by atoms with Crippen molar-refractivity contribution in [3.8, 4) is 5.75 Å². The fourth-order valence-corrected chi connectivity index (χ4v) is 1.47. The molecule has 0 amide bonds. The van der Waals surface area contributed by atoms with Gasteiger partial charge in [-0.05, 0) is 18.2 Å². The van der Waals surface area contributed by atoms with Crippen molar-refractivity contribution in [1.82, 2.24) is 4.98 Å². The minimum Gasteiger partial charge on any atom is -0.507 e. The molecule has 15 heavy (non-hydrogen) atoms. The smallest absolute Gasteiger partial charge is 0.355 e. The van der Waals surface area contributed by atoms with Gasteiger partial charge in [0.15, 0.2) is 5.69 Å². The van der Waals surface area contributed by atoms with Crippen molar-refractivity contribution in [2.45, 2.75) is 0 Å². The molecule has 5 nitrogen and oxygen atoms in total. The van der Waals surface area contributed by atoms with E-state index in [4.69, 9.17) is 10.8 Å². The third-order valence-corrected chi connectivity index (χ3v) is 2.14. The van der Waals surface area contributed by atoms with Crippen LogP contribution in [0.1, 0.15) is 10.5 Å². The van der Waals surface area contributed by atoms with Crippen LogP contribution in [0.3, 0.4) is 0 Å². The van der Waals surface area contributed by atoms with E-state index in [-0.39, 0.29) is 16.8 Å². The van der Waals surface area contributed by atoms with E-state index in [1.807, 2.05) is 0 Å². The van der Waals surface area contributed by atoms with Crippen LogP contribution in [0.2, 0.25) is 0 Å². The molecule has 0 bridgehead atoms. The fourth-order valence-electron chi connectivity index (χ4n) is 1.47.